The molecule has 0 unspecified atom stereocenters. The van der Waals surface area contributed by atoms with Crippen LogP contribution in [0.1, 0.15) is 43.7 Å². The fourth-order valence-corrected chi connectivity index (χ4v) is 6.03. The maximum absolute atomic E-state index is 13.3. The van der Waals surface area contributed by atoms with Crippen molar-refractivity contribution in [3.63, 3.8) is 0 Å². The molecular weight excluding hydrogens is 424 g/mol. The molecule has 0 aliphatic carbocycles. The molecular formula is C21H27BrN2O4. The van der Waals surface area contributed by atoms with E-state index in [1.165, 1.54) is 0 Å². The molecule has 3 aliphatic rings. The first kappa shape index (κ1) is 19.9. The van der Waals surface area contributed by atoms with E-state index in [0.717, 1.165) is 34.1 Å². The Morgan fingerprint density at radius 1 is 1.43 bits per heavy atom. The van der Waals surface area contributed by atoms with Gasteiger partial charge in [-0.25, -0.2) is 0 Å². The first-order valence-corrected chi connectivity index (χ1v) is 10.8. The van der Waals surface area contributed by atoms with E-state index in [0.29, 0.717) is 13.0 Å². The van der Waals surface area contributed by atoms with Gasteiger partial charge in [-0.05, 0) is 53.7 Å². The lowest BCUT2D eigenvalue weighted by Crippen LogP contribution is -2.43. The third-order valence-corrected chi connectivity index (χ3v) is 7.14. The number of amides is 2. The van der Waals surface area contributed by atoms with Gasteiger partial charge in [0.1, 0.15) is 0 Å². The number of likely N-dealkylation sites (tertiary alicyclic amines) is 1. The average molecular weight is 451 g/mol. The van der Waals surface area contributed by atoms with Crippen molar-refractivity contribution in [2.24, 2.45) is 5.92 Å². The number of carbonyl (C=O) groups is 2. The summed E-state index contributed by atoms with van der Waals surface area (Å²) in [5, 5.41) is 9.50. The number of ether oxygens (including phenoxy) is 1. The van der Waals surface area contributed by atoms with Crippen LogP contribution >= 0.6 is 15.9 Å². The van der Waals surface area contributed by atoms with E-state index in [2.05, 4.69) is 15.9 Å². The minimum absolute atomic E-state index is 0.00155. The van der Waals surface area contributed by atoms with Crippen molar-refractivity contribution in [2.75, 3.05) is 25.1 Å². The van der Waals surface area contributed by atoms with E-state index < -0.39 is 5.60 Å². The van der Waals surface area contributed by atoms with Crippen LogP contribution in [0.3, 0.4) is 0 Å². The van der Waals surface area contributed by atoms with E-state index >= 15 is 0 Å². The highest BCUT2D eigenvalue weighted by atomic mass is 79.9. The molecule has 152 valence electrons. The van der Waals surface area contributed by atoms with Gasteiger partial charge in [0, 0.05) is 29.5 Å². The predicted octanol–water partition coefficient (Wildman–Crippen LogP) is 2.73. The Morgan fingerprint density at radius 3 is 2.89 bits per heavy atom. The van der Waals surface area contributed by atoms with E-state index in [4.69, 9.17) is 4.74 Å². The number of benzene rings is 1. The Balaban J connectivity index is 1.61. The zero-order chi connectivity index (χ0) is 20.2. The molecule has 7 heteroatoms. The summed E-state index contributed by atoms with van der Waals surface area (Å²) in [4.78, 5) is 29.6. The van der Waals surface area contributed by atoms with Crippen LogP contribution in [0.2, 0.25) is 0 Å². The van der Waals surface area contributed by atoms with Gasteiger partial charge in [-0.15, -0.1) is 0 Å². The molecule has 1 spiro atoms. The van der Waals surface area contributed by atoms with Crippen molar-refractivity contribution in [2.45, 2.75) is 57.3 Å². The molecule has 4 atom stereocenters. The Bertz CT molecular complexity index is 829. The van der Waals surface area contributed by atoms with Crippen molar-refractivity contribution in [1.82, 2.24) is 4.90 Å². The minimum Gasteiger partial charge on any atom is -0.394 e. The molecule has 0 radical (unpaired) electrons. The fourth-order valence-electron chi connectivity index (χ4n) is 5.19. The zero-order valence-electron chi connectivity index (χ0n) is 16.6. The molecule has 2 amide bonds. The molecule has 1 aromatic rings. The highest BCUT2D eigenvalue weighted by Crippen LogP contribution is 2.55. The standard InChI is InChI=1S/C21H27BrN2O4/c1-12-7-16-19(17(22)8-12)23(3)20(27)21(16)13(2)9-15(28-21)10-18(26)24-6-4-5-14(24)11-25/h7-8,13-15,25H,4-6,9-11H2,1-3H3/t13-,14+,15-,21+/m1/s1. The highest BCUT2D eigenvalue weighted by Gasteiger charge is 2.60. The summed E-state index contributed by atoms with van der Waals surface area (Å²) >= 11 is 3.60. The predicted molar refractivity (Wildman–Crippen MR) is 109 cm³/mol. The van der Waals surface area contributed by atoms with Crippen molar-refractivity contribution >= 4 is 33.4 Å². The molecule has 28 heavy (non-hydrogen) atoms. The Morgan fingerprint density at radius 2 is 2.18 bits per heavy atom. The zero-order valence-corrected chi connectivity index (χ0v) is 18.2. The van der Waals surface area contributed by atoms with Crippen LogP contribution in [-0.4, -0.2) is 54.2 Å². The van der Waals surface area contributed by atoms with Crippen LogP contribution in [-0.2, 0) is 19.9 Å². The van der Waals surface area contributed by atoms with Crippen LogP contribution in [0.15, 0.2) is 16.6 Å². The first-order valence-electron chi connectivity index (χ1n) is 9.96. The van der Waals surface area contributed by atoms with Gasteiger partial charge in [0.05, 0.1) is 30.9 Å². The number of halogens is 1. The highest BCUT2D eigenvalue weighted by molar-refractivity contribution is 9.10. The summed E-state index contributed by atoms with van der Waals surface area (Å²) in [6.45, 7) is 4.73. The Kier molecular flexibility index (Phi) is 5.04. The van der Waals surface area contributed by atoms with E-state index in [9.17, 15) is 14.7 Å². The number of aryl methyl sites for hydroxylation is 1. The van der Waals surface area contributed by atoms with Crippen LogP contribution in [0.5, 0.6) is 0 Å². The second-order valence-corrected chi connectivity index (χ2v) is 9.24. The molecule has 1 aromatic carbocycles. The van der Waals surface area contributed by atoms with Crippen LogP contribution in [0.25, 0.3) is 0 Å². The van der Waals surface area contributed by atoms with Crippen molar-refractivity contribution in [3.8, 4) is 0 Å². The molecule has 2 saturated heterocycles. The van der Waals surface area contributed by atoms with Gasteiger partial charge in [0.15, 0.2) is 5.60 Å². The molecule has 1 N–H and O–H groups in total. The number of carbonyl (C=O) groups excluding carboxylic acids is 2. The second kappa shape index (κ2) is 7.11. The third kappa shape index (κ3) is 2.82. The lowest BCUT2D eigenvalue weighted by molar-refractivity contribution is -0.149. The van der Waals surface area contributed by atoms with Gasteiger partial charge in [-0.1, -0.05) is 13.0 Å². The number of rotatable bonds is 3. The molecule has 2 fully saturated rings. The summed E-state index contributed by atoms with van der Waals surface area (Å²) in [7, 11) is 1.78. The number of hydrogen-bond donors (Lipinski definition) is 1. The van der Waals surface area contributed by atoms with E-state index in [1.54, 1.807) is 16.8 Å². The van der Waals surface area contributed by atoms with Gasteiger partial charge in [0.25, 0.3) is 5.91 Å². The Hall–Kier alpha value is -1.44. The number of nitrogens with zero attached hydrogens (tertiary/aromatic N) is 2. The molecule has 0 aromatic heterocycles. The van der Waals surface area contributed by atoms with Gasteiger partial charge in [-0.2, -0.15) is 0 Å². The first-order chi connectivity index (χ1) is 13.3. The molecule has 3 heterocycles. The quantitative estimate of drug-likeness (QED) is 0.768. The summed E-state index contributed by atoms with van der Waals surface area (Å²) < 4.78 is 7.30. The number of fused-ring (bicyclic) bond motifs is 2. The number of likely N-dealkylation sites (N-methyl/N-ethyl adjacent to an activating group) is 1. The Labute approximate surface area is 174 Å². The average Bonchev–Trinajstić information content (AvgIpc) is 3.29. The summed E-state index contributed by atoms with van der Waals surface area (Å²) in [6.07, 6.45) is 2.38. The summed E-state index contributed by atoms with van der Waals surface area (Å²) in [5.74, 6) is -0.0803. The molecule has 0 bridgehead atoms. The monoisotopic (exact) mass is 450 g/mol. The largest absolute Gasteiger partial charge is 0.394 e. The molecule has 3 aliphatic heterocycles. The second-order valence-electron chi connectivity index (χ2n) is 8.39. The number of hydrogen-bond acceptors (Lipinski definition) is 4. The smallest absolute Gasteiger partial charge is 0.264 e. The maximum Gasteiger partial charge on any atom is 0.264 e. The number of aliphatic hydroxyl groups excluding tert-OH is 1. The van der Waals surface area contributed by atoms with Crippen LogP contribution in [0.4, 0.5) is 5.69 Å². The molecule has 0 saturated carbocycles. The number of aliphatic hydroxyl groups is 1. The minimum atomic E-state index is -1.02. The lowest BCUT2D eigenvalue weighted by Gasteiger charge is -2.28. The normalized spacial score (nSPS) is 31.9. The topological polar surface area (TPSA) is 70.1 Å². The van der Waals surface area contributed by atoms with Crippen molar-refractivity contribution in [1.29, 1.82) is 0 Å². The van der Waals surface area contributed by atoms with Crippen LogP contribution in [0, 0.1) is 12.8 Å². The fraction of sp³-hybridized carbons (Fsp3) is 0.619. The summed E-state index contributed by atoms with van der Waals surface area (Å²) in [5.41, 5.74) is 1.79. The lowest BCUT2D eigenvalue weighted by atomic mass is 9.82. The van der Waals surface area contributed by atoms with Crippen molar-refractivity contribution < 1.29 is 19.4 Å². The number of anilines is 1. The molecule has 6 nitrogen and oxygen atoms in total. The van der Waals surface area contributed by atoms with Gasteiger partial charge < -0.3 is 19.6 Å². The third-order valence-electron chi connectivity index (χ3n) is 6.54. The van der Waals surface area contributed by atoms with Gasteiger partial charge >= 0.3 is 0 Å². The SMILES string of the molecule is Cc1cc(Br)c2c(c1)[C@]1(O[C@@H](CC(=O)N3CCC[C@H]3CO)C[C@H]1C)C(=O)N2C. The van der Waals surface area contributed by atoms with E-state index in [-0.39, 0.29) is 42.9 Å². The maximum atomic E-state index is 13.3. The molecule has 4 rings (SSSR count). The van der Waals surface area contributed by atoms with Gasteiger partial charge in [0.2, 0.25) is 5.91 Å². The van der Waals surface area contributed by atoms with Crippen LogP contribution < -0.4 is 4.90 Å². The van der Waals surface area contributed by atoms with E-state index in [1.807, 2.05) is 26.0 Å². The summed E-state index contributed by atoms with van der Waals surface area (Å²) in [6, 6.07) is 3.95. The van der Waals surface area contributed by atoms with Crippen molar-refractivity contribution in [3.05, 3.63) is 27.7 Å². The van der Waals surface area contributed by atoms with Gasteiger partial charge in [-0.3, -0.25) is 9.59 Å².